The maximum absolute atomic E-state index is 14.1. The summed E-state index contributed by atoms with van der Waals surface area (Å²) in [4.78, 5) is 41.9. The lowest BCUT2D eigenvalue weighted by atomic mass is 10.0. The number of carbonyl (C=O) groups is 2. The predicted octanol–water partition coefficient (Wildman–Crippen LogP) is 3.31. The molecule has 2 bridgehead atoms. The Bertz CT molecular complexity index is 1470. The summed E-state index contributed by atoms with van der Waals surface area (Å²) >= 11 is 0. The van der Waals surface area contributed by atoms with Gasteiger partial charge in [-0.25, -0.2) is 13.2 Å². The van der Waals surface area contributed by atoms with Crippen molar-refractivity contribution >= 4 is 11.8 Å². The highest BCUT2D eigenvalue weighted by molar-refractivity contribution is 5.99. The molecule has 1 saturated heterocycles. The second-order valence-electron chi connectivity index (χ2n) is 9.78. The largest absolute Gasteiger partial charge is 0.483 e. The van der Waals surface area contributed by atoms with Crippen LogP contribution in [0.1, 0.15) is 57.8 Å². The van der Waals surface area contributed by atoms with Gasteiger partial charge in [0, 0.05) is 43.0 Å². The summed E-state index contributed by atoms with van der Waals surface area (Å²) in [6, 6.07) is 9.03. The Morgan fingerprint density at radius 1 is 1.10 bits per heavy atom. The Balaban J connectivity index is 1.56. The lowest BCUT2D eigenvalue weighted by Gasteiger charge is -2.38. The molecule has 3 aromatic rings. The number of hydrogen-bond acceptors (Lipinski definition) is 5. The Morgan fingerprint density at radius 2 is 1.79 bits per heavy atom. The van der Waals surface area contributed by atoms with Crippen LogP contribution >= 0.6 is 0 Å². The van der Waals surface area contributed by atoms with Crippen LogP contribution in [0.25, 0.3) is 0 Å². The lowest BCUT2D eigenvalue weighted by Crippen LogP contribution is -2.49. The van der Waals surface area contributed by atoms with Crippen LogP contribution < -0.4 is 15.5 Å². The highest BCUT2D eigenvalue weighted by Crippen LogP contribution is 2.35. The molecule has 2 amide bonds. The molecule has 2 aromatic carbocycles. The lowest BCUT2D eigenvalue weighted by molar-refractivity contribution is 0.0499. The number of nitrogens with one attached hydrogen (secondary N) is 1. The maximum Gasteiger partial charge on any atom is 0.274 e. The summed E-state index contributed by atoms with van der Waals surface area (Å²) < 4.78 is 48.7. The zero-order valence-corrected chi connectivity index (χ0v) is 21.0. The van der Waals surface area contributed by atoms with E-state index < -0.39 is 64.5 Å². The van der Waals surface area contributed by atoms with Crippen LogP contribution in [-0.4, -0.2) is 45.1 Å². The van der Waals surface area contributed by atoms with Gasteiger partial charge in [0.05, 0.1) is 12.1 Å². The molecule has 5 rings (SSSR count). The van der Waals surface area contributed by atoms with Gasteiger partial charge in [0.15, 0.2) is 11.4 Å². The van der Waals surface area contributed by atoms with Crippen LogP contribution in [0.3, 0.4) is 0 Å². The Kier molecular flexibility index (Phi) is 7.17. The number of nitrogens with zero attached hydrogens (tertiary/aromatic N) is 2. The average molecular weight is 542 g/mol. The van der Waals surface area contributed by atoms with Crippen molar-refractivity contribution in [2.24, 2.45) is 0 Å². The Labute approximate surface area is 221 Å². The van der Waals surface area contributed by atoms with E-state index >= 15 is 0 Å². The number of carbonyl (C=O) groups excluding carboxylic acids is 2. The molecule has 3 atom stereocenters. The quantitative estimate of drug-likeness (QED) is 0.499. The molecule has 11 heteroatoms. The van der Waals surface area contributed by atoms with Gasteiger partial charge in [-0.05, 0) is 25.3 Å². The predicted molar refractivity (Wildman–Crippen MR) is 134 cm³/mol. The molecule has 204 valence electrons. The summed E-state index contributed by atoms with van der Waals surface area (Å²) in [7, 11) is 0. The van der Waals surface area contributed by atoms with Crippen LogP contribution in [0, 0.1) is 17.5 Å². The third-order valence-electron chi connectivity index (χ3n) is 7.26. The van der Waals surface area contributed by atoms with Gasteiger partial charge < -0.3 is 24.6 Å². The molecule has 39 heavy (non-hydrogen) atoms. The number of ether oxygens (including phenoxy) is 1. The number of hydrogen-bond donors (Lipinski definition) is 2. The zero-order valence-electron chi connectivity index (χ0n) is 21.0. The monoisotopic (exact) mass is 541 g/mol. The van der Waals surface area contributed by atoms with Gasteiger partial charge in [0.2, 0.25) is 5.43 Å². The van der Waals surface area contributed by atoms with Gasteiger partial charge in [-0.3, -0.25) is 14.4 Å². The third-order valence-corrected chi connectivity index (χ3v) is 7.26. The minimum Gasteiger partial charge on any atom is -0.483 e. The molecule has 1 fully saturated rings. The van der Waals surface area contributed by atoms with Gasteiger partial charge in [0.25, 0.3) is 11.8 Å². The molecule has 0 radical (unpaired) electrons. The zero-order chi connectivity index (χ0) is 27.8. The molecule has 1 aromatic heterocycles. The maximum atomic E-state index is 14.1. The molecule has 2 aliphatic rings. The standard InChI is InChI=1S/C28H26F3N3O5/c1-15-7-8-23(35)22-13-33(15)28(38)24-26(39-14-16-5-3-2-4-6-16)25(36)19(12-34(22)24)27(37)32-11-18-20(30)9-17(29)10-21(18)31/h2-6,9-10,12,15,22-23,35H,7-8,11,13-14H2,1H3,(H,32,37)/t15-,22+,23+/m0/s1. The second-order valence-corrected chi connectivity index (χ2v) is 9.78. The molecule has 0 saturated carbocycles. The first-order valence-electron chi connectivity index (χ1n) is 12.5. The number of rotatable bonds is 6. The van der Waals surface area contributed by atoms with Gasteiger partial charge in [-0.1, -0.05) is 30.3 Å². The summed E-state index contributed by atoms with van der Waals surface area (Å²) in [6.45, 7) is 1.30. The highest BCUT2D eigenvalue weighted by Gasteiger charge is 2.42. The number of benzene rings is 2. The number of halogens is 3. The summed E-state index contributed by atoms with van der Waals surface area (Å²) in [5.74, 6) is -5.29. The summed E-state index contributed by atoms with van der Waals surface area (Å²) in [5.41, 5.74) is -1.27. The topological polar surface area (TPSA) is 101 Å². The molecule has 0 spiro atoms. The van der Waals surface area contributed by atoms with Crippen LogP contribution in [0.4, 0.5) is 13.2 Å². The van der Waals surface area contributed by atoms with Gasteiger partial charge in [-0.15, -0.1) is 0 Å². The normalized spacial score (nSPS) is 20.3. The average Bonchev–Trinajstić information content (AvgIpc) is 3.03. The van der Waals surface area contributed by atoms with Gasteiger partial charge in [-0.2, -0.15) is 0 Å². The fraction of sp³-hybridized carbons (Fsp3) is 0.321. The van der Waals surface area contributed by atoms with E-state index in [-0.39, 0.29) is 30.6 Å². The van der Waals surface area contributed by atoms with Gasteiger partial charge >= 0.3 is 0 Å². The van der Waals surface area contributed by atoms with E-state index in [1.165, 1.54) is 10.8 Å². The van der Waals surface area contributed by atoms with E-state index in [0.29, 0.717) is 30.5 Å². The third kappa shape index (κ3) is 5.01. The van der Waals surface area contributed by atoms with Crippen molar-refractivity contribution in [2.45, 2.75) is 51.1 Å². The Morgan fingerprint density at radius 3 is 2.49 bits per heavy atom. The molecular weight excluding hydrogens is 515 g/mol. The van der Waals surface area contributed by atoms with Crippen molar-refractivity contribution < 1.29 is 32.6 Å². The molecule has 0 unspecified atom stereocenters. The number of pyridine rings is 1. The first kappa shape index (κ1) is 26.5. The fourth-order valence-corrected chi connectivity index (χ4v) is 5.06. The van der Waals surface area contributed by atoms with Crippen molar-refractivity contribution in [1.82, 2.24) is 14.8 Å². The summed E-state index contributed by atoms with van der Waals surface area (Å²) in [6.07, 6.45) is 1.25. The Hall–Kier alpha value is -4.12. The van der Waals surface area contributed by atoms with Crippen LogP contribution in [0.15, 0.2) is 53.5 Å². The van der Waals surface area contributed by atoms with E-state index in [4.69, 9.17) is 4.74 Å². The molecule has 2 N–H and O–H groups in total. The van der Waals surface area contributed by atoms with Crippen LogP contribution in [0.2, 0.25) is 0 Å². The van der Waals surface area contributed by atoms with Crippen LogP contribution in [-0.2, 0) is 13.2 Å². The molecule has 0 aliphatic carbocycles. The highest BCUT2D eigenvalue weighted by atomic mass is 19.1. The molecule has 2 aliphatic heterocycles. The van der Waals surface area contributed by atoms with E-state index in [1.807, 2.05) is 13.0 Å². The number of fused-ring (bicyclic) bond motifs is 4. The van der Waals surface area contributed by atoms with Crippen LogP contribution in [0.5, 0.6) is 5.75 Å². The first-order valence-corrected chi connectivity index (χ1v) is 12.5. The molecular formula is C28H26F3N3O5. The van der Waals surface area contributed by atoms with Crippen molar-refractivity contribution in [2.75, 3.05) is 6.54 Å². The second kappa shape index (κ2) is 10.6. The number of aliphatic hydroxyl groups is 1. The smallest absolute Gasteiger partial charge is 0.274 e. The van der Waals surface area contributed by atoms with Crippen molar-refractivity contribution in [3.63, 3.8) is 0 Å². The molecule has 8 nitrogen and oxygen atoms in total. The van der Waals surface area contributed by atoms with E-state index in [9.17, 15) is 32.7 Å². The minimum atomic E-state index is -1.19. The number of aromatic nitrogens is 1. The van der Waals surface area contributed by atoms with E-state index in [2.05, 4.69) is 5.32 Å². The molecule has 3 heterocycles. The number of amides is 2. The SMILES string of the molecule is C[C@H]1CC[C@@H](O)[C@H]2CN1C(=O)c1c(OCc3ccccc3)c(=O)c(C(=O)NCc3c(F)cc(F)cc3F)cn12. The van der Waals surface area contributed by atoms with E-state index in [1.54, 1.807) is 29.2 Å². The van der Waals surface area contributed by atoms with Crippen molar-refractivity contribution in [1.29, 1.82) is 0 Å². The van der Waals surface area contributed by atoms with Crippen molar-refractivity contribution in [3.8, 4) is 5.75 Å². The minimum absolute atomic E-state index is 0.0732. The summed E-state index contributed by atoms with van der Waals surface area (Å²) in [5, 5.41) is 13.2. The first-order chi connectivity index (χ1) is 18.7. The fourth-order valence-electron chi connectivity index (χ4n) is 5.06. The van der Waals surface area contributed by atoms with E-state index in [0.717, 1.165) is 0 Å². The van der Waals surface area contributed by atoms with Gasteiger partial charge in [0.1, 0.15) is 29.6 Å². The number of aliphatic hydroxyl groups excluding tert-OH is 1. The van der Waals surface area contributed by atoms with Crippen molar-refractivity contribution in [3.05, 3.63) is 98.7 Å².